The Labute approximate surface area is 132 Å². The number of carbonyl (C=O) groups is 1. The fourth-order valence-electron chi connectivity index (χ4n) is 1.82. The molecule has 0 heterocycles. The molecule has 1 rings (SSSR count). The number of halogens is 2. The number of ether oxygens (including phenoxy) is 1. The van der Waals surface area contributed by atoms with Gasteiger partial charge in [0, 0.05) is 15.2 Å². The van der Waals surface area contributed by atoms with E-state index in [9.17, 15) is 4.79 Å². The van der Waals surface area contributed by atoms with Crippen LogP contribution in [-0.2, 0) is 0 Å². The van der Waals surface area contributed by atoms with E-state index in [0.717, 1.165) is 22.6 Å². The summed E-state index contributed by atoms with van der Waals surface area (Å²) in [5, 5.41) is 0.902. The molecule has 4 heteroatoms. The molecule has 0 N–H and O–H groups in total. The van der Waals surface area contributed by atoms with Crippen molar-refractivity contribution in [1.29, 1.82) is 0 Å². The minimum atomic E-state index is 0.0220. The molecule has 0 atom stereocenters. The molecule has 2 nitrogen and oxygen atoms in total. The molecule has 0 saturated carbocycles. The summed E-state index contributed by atoms with van der Waals surface area (Å²) < 4.78 is 6.81. The van der Waals surface area contributed by atoms with Gasteiger partial charge in [0.05, 0.1) is 12.2 Å². The number of Topliss-reactive ketones (excluding diaryl/α,β-unsaturated/α-hetero) is 1. The van der Waals surface area contributed by atoms with Gasteiger partial charge in [-0.1, -0.05) is 45.7 Å². The summed E-state index contributed by atoms with van der Waals surface area (Å²) in [6.45, 7) is 6.52. The second kappa shape index (κ2) is 7.44. The molecule has 1 aromatic carbocycles. The molecular formula is C15H20Br2O2. The molecule has 0 fully saturated rings. The summed E-state index contributed by atoms with van der Waals surface area (Å²) in [5.74, 6) is 0.691. The summed E-state index contributed by atoms with van der Waals surface area (Å²) in [5.41, 5.74) is 0.756. The minimum absolute atomic E-state index is 0.0220. The van der Waals surface area contributed by atoms with E-state index < -0.39 is 0 Å². The average molecular weight is 392 g/mol. The fourth-order valence-corrected chi connectivity index (χ4v) is 3.13. The minimum Gasteiger partial charge on any atom is -0.492 e. The monoisotopic (exact) mass is 390 g/mol. The molecule has 0 spiro atoms. The SMILES string of the molecule is CCC(CC)(CBr)COc1ccc(Br)cc1C(C)=O. The van der Waals surface area contributed by atoms with Gasteiger partial charge in [0.25, 0.3) is 0 Å². The molecule has 0 aliphatic heterocycles. The van der Waals surface area contributed by atoms with Crippen LogP contribution in [0.1, 0.15) is 44.0 Å². The van der Waals surface area contributed by atoms with Crippen molar-refractivity contribution in [3.05, 3.63) is 28.2 Å². The van der Waals surface area contributed by atoms with Crippen LogP contribution in [0, 0.1) is 5.41 Å². The van der Waals surface area contributed by atoms with Crippen molar-refractivity contribution in [2.75, 3.05) is 11.9 Å². The molecule has 0 aromatic heterocycles. The largest absolute Gasteiger partial charge is 0.492 e. The van der Waals surface area contributed by atoms with Crippen molar-refractivity contribution in [2.45, 2.75) is 33.6 Å². The molecule has 1 aromatic rings. The maximum absolute atomic E-state index is 11.6. The Morgan fingerprint density at radius 2 is 1.95 bits per heavy atom. The first-order valence-electron chi connectivity index (χ1n) is 6.47. The summed E-state index contributed by atoms with van der Waals surface area (Å²) >= 11 is 6.95. The van der Waals surface area contributed by atoms with Gasteiger partial charge in [-0.05, 0) is 38.0 Å². The Hall–Kier alpha value is -0.350. The Morgan fingerprint density at radius 3 is 2.42 bits per heavy atom. The van der Waals surface area contributed by atoms with E-state index in [1.54, 1.807) is 6.92 Å². The highest BCUT2D eigenvalue weighted by atomic mass is 79.9. The molecular weight excluding hydrogens is 372 g/mol. The summed E-state index contributed by atoms with van der Waals surface area (Å²) in [6, 6.07) is 5.56. The van der Waals surface area contributed by atoms with Crippen molar-refractivity contribution in [3.8, 4) is 5.75 Å². The van der Waals surface area contributed by atoms with Gasteiger partial charge in [-0.15, -0.1) is 0 Å². The van der Waals surface area contributed by atoms with E-state index >= 15 is 0 Å². The van der Waals surface area contributed by atoms with Gasteiger partial charge < -0.3 is 4.74 Å². The number of alkyl halides is 1. The van der Waals surface area contributed by atoms with Crippen LogP contribution < -0.4 is 4.74 Å². The normalized spacial score (nSPS) is 11.4. The van der Waals surface area contributed by atoms with Gasteiger partial charge in [0.2, 0.25) is 0 Å². The lowest BCUT2D eigenvalue weighted by molar-refractivity contribution is 0.100. The molecule has 0 bridgehead atoms. The van der Waals surface area contributed by atoms with Crippen LogP contribution in [0.15, 0.2) is 22.7 Å². The molecule has 19 heavy (non-hydrogen) atoms. The van der Waals surface area contributed by atoms with E-state index in [1.807, 2.05) is 18.2 Å². The van der Waals surface area contributed by atoms with Crippen molar-refractivity contribution < 1.29 is 9.53 Å². The molecule has 0 saturated heterocycles. The molecule has 0 radical (unpaired) electrons. The Kier molecular flexibility index (Phi) is 6.54. The lowest BCUT2D eigenvalue weighted by Crippen LogP contribution is -2.29. The number of benzene rings is 1. The molecule has 0 unspecified atom stereocenters. The number of carbonyl (C=O) groups excluding carboxylic acids is 1. The highest BCUT2D eigenvalue weighted by molar-refractivity contribution is 9.10. The van der Waals surface area contributed by atoms with Crippen LogP contribution in [0.25, 0.3) is 0 Å². The van der Waals surface area contributed by atoms with Gasteiger partial charge in [0.15, 0.2) is 5.78 Å². The van der Waals surface area contributed by atoms with Crippen LogP contribution in [0.3, 0.4) is 0 Å². The first kappa shape index (κ1) is 16.7. The first-order chi connectivity index (χ1) is 8.98. The second-order valence-corrected chi connectivity index (χ2v) is 6.30. The van der Waals surface area contributed by atoms with E-state index in [0.29, 0.717) is 17.9 Å². The number of rotatable bonds is 7. The van der Waals surface area contributed by atoms with Crippen molar-refractivity contribution in [2.24, 2.45) is 5.41 Å². The maximum Gasteiger partial charge on any atom is 0.163 e. The van der Waals surface area contributed by atoms with E-state index in [1.165, 1.54) is 0 Å². The zero-order valence-electron chi connectivity index (χ0n) is 11.6. The van der Waals surface area contributed by atoms with Gasteiger partial charge in [-0.3, -0.25) is 4.79 Å². The number of hydrogen-bond acceptors (Lipinski definition) is 2. The third-order valence-electron chi connectivity index (χ3n) is 3.64. The van der Waals surface area contributed by atoms with E-state index in [4.69, 9.17) is 4.74 Å². The molecule has 0 aliphatic carbocycles. The molecule has 106 valence electrons. The zero-order chi connectivity index (χ0) is 14.5. The molecule has 0 amide bonds. The maximum atomic E-state index is 11.6. The lowest BCUT2D eigenvalue weighted by Gasteiger charge is -2.29. The van der Waals surface area contributed by atoms with Gasteiger partial charge >= 0.3 is 0 Å². The summed E-state index contributed by atoms with van der Waals surface area (Å²) in [4.78, 5) is 11.6. The summed E-state index contributed by atoms with van der Waals surface area (Å²) in [6.07, 6.45) is 2.08. The standard InChI is InChI=1S/C15H20Br2O2/c1-4-15(5-2,9-16)10-19-14-7-6-12(17)8-13(14)11(3)18/h6-8H,4-5,9-10H2,1-3H3. The summed E-state index contributed by atoms with van der Waals surface area (Å²) in [7, 11) is 0. The van der Waals surface area contributed by atoms with Gasteiger partial charge in [-0.2, -0.15) is 0 Å². The van der Waals surface area contributed by atoms with Crippen LogP contribution in [0.2, 0.25) is 0 Å². The second-order valence-electron chi connectivity index (χ2n) is 4.83. The van der Waals surface area contributed by atoms with Crippen LogP contribution in [0.4, 0.5) is 0 Å². The predicted octanol–water partition coefficient (Wildman–Crippen LogP) is 5.23. The zero-order valence-corrected chi connectivity index (χ0v) is 14.8. The van der Waals surface area contributed by atoms with Gasteiger partial charge in [0.1, 0.15) is 5.75 Å². The van der Waals surface area contributed by atoms with Crippen molar-refractivity contribution >= 4 is 37.6 Å². The first-order valence-corrected chi connectivity index (χ1v) is 8.38. The van der Waals surface area contributed by atoms with Crippen molar-refractivity contribution in [3.63, 3.8) is 0 Å². The number of ketones is 1. The Balaban J connectivity index is 2.91. The molecule has 0 aliphatic rings. The predicted molar refractivity (Wildman–Crippen MR) is 86.5 cm³/mol. The van der Waals surface area contributed by atoms with Crippen LogP contribution in [0.5, 0.6) is 5.75 Å². The quantitative estimate of drug-likeness (QED) is 0.469. The highest BCUT2D eigenvalue weighted by Crippen LogP contribution is 2.31. The third-order valence-corrected chi connectivity index (χ3v) is 5.32. The third kappa shape index (κ3) is 4.32. The van der Waals surface area contributed by atoms with Crippen LogP contribution >= 0.6 is 31.9 Å². The van der Waals surface area contributed by atoms with E-state index in [-0.39, 0.29) is 11.2 Å². The van der Waals surface area contributed by atoms with Crippen LogP contribution in [-0.4, -0.2) is 17.7 Å². The van der Waals surface area contributed by atoms with Crippen molar-refractivity contribution in [1.82, 2.24) is 0 Å². The topological polar surface area (TPSA) is 26.3 Å². The van der Waals surface area contributed by atoms with Gasteiger partial charge in [-0.25, -0.2) is 0 Å². The number of hydrogen-bond donors (Lipinski definition) is 0. The fraction of sp³-hybridized carbons (Fsp3) is 0.533. The Morgan fingerprint density at radius 1 is 1.32 bits per heavy atom. The Bertz CT molecular complexity index is 432. The average Bonchev–Trinajstić information content (AvgIpc) is 2.42. The van der Waals surface area contributed by atoms with E-state index in [2.05, 4.69) is 45.7 Å². The highest BCUT2D eigenvalue weighted by Gasteiger charge is 2.26. The smallest absolute Gasteiger partial charge is 0.163 e. The lowest BCUT2D eigenvalue weighted by atomic mass is 9.86.